The minimum atomic E-state index is -0.535. The lowest BCUT2D eigenvalue weighted by atomic mass is 9.77. The Kier molecular flexibility index (Phi) is 20.8. The van der Waals surface area contributed by atoms with Crippen LogP contribution in [0.3, 0.4) is 0 Å². The van der Waals surface area contributed by atoms with E-state index >= 15 is 0 Å². The number of nitrogens with zero attached hydrogens (tertiary/aromatic N) is 1. The van der Waals surface area contributed by atoms with E-state index in [0.717, 1.165) is 28.7 Å². The second kappa shape index (κ2) is 21.0. The zero-order valence-electron chi connectivity index (χ0n) is 24.2. The minimum absolute atomic E-state index is 0.194. The van der Waals surface area contributed by atoms with Crippen LogP contribution < -0.4 is 5.73 Å². The average Bonchev–Trinajstić information content (AvgIpc) is 2.84. The standard InChI is InChI=1S/C15H18N2O2.C14H30.C2H6/c1-3-13-8-4-5-9-14(13)10-6-7-12(2)17-19-11-15(16)18;1-7-12(3)9-10-14(5,6)11-13(4)8-2;1-2/h3-6,8-10H,1,7,11H2,2H3,(H2,16,18);12-13H,7-11H2,1-6H3;1-2H3/b10-6+,17-12-;;. The molecule has 1 amide bonds. The SMILES string of the molecule is C=Cc1ccccc1/C=C/C/C(C)=N\OCC(N)=O.CC.CCC(C)CCC(C)(C)CC(C)CC. The normalized spacial score (nSPS) is 13.1. The zero-order chi connectivity index (χ0) is 27.3. The van der Waals surface area contributed by atoms with E-state index in [1.165, 1.54) is 32.1 Å². The summed E-state index contributed by atoms with van der Waals surface area (Å²) in [5.74, 6) is 1.26. The first-order chi connectivity index (χ1) is 16.5. The van der Waals surface area contributed by atoms with E-state index < -0.39 is 5.91 Å². The predicted molar refractivity (Wildman–Crippen MR) is 156 cm³/mol. The number of nitrogens with two attached hydrogens (primary N) is 1. The van der Waals surface area contributed by atoms with E-state index in [0.29, 0.717) is 11.8 Å². The van der Waals surface area contributed by atoms with Gasteiger partial charge < -0.3 is 10.6 Å². The molecule has 0 saturated carbocycles. The summed E-state index contributed by atoms with van der Waals surface area (Å²) in [4.78, 5) is 15.2. The van der Waals surface area contributed by atoms with Gasteiger partial charge in [0.05, 0.1) is 5.71 Å². The number of amides is 1. The summed E-state index contributed by atoms with van der Waals surface area (Å²) in [7, 11) is 0. The Morgan fingerprint density at radius 2 is 1.69 bits per heavy atom. The number of oxime groups is 1. The molecule has 1 rings (SSSR count). The molecular formula is C31H54N2O2. The summed E-state index contributed by atoms with van der Waals surface area (Å²) in [5.41, 5.74) is 8.44. The van der Waals surface area contributed by atoms with Gasteiger partial charge in [0.15, 0.2) is 6.61 Å². The molecule has 2 atom stereocenters. The molecular weight excluding hydrogens is 432 g/mol. The molecule has 0 aromatic heterocycles. The molecule has 0 aliphatic carbocycles. The number of carbonyl (C=O) groups is 1. The molecule has 1 aromatic rings. The zero-order valence-corrected chi connectivity index (χ0v) is 24.2. The van der Waals surface area contributed by atoms with Gasteiger partial charge in [0.25, 0.3) is 5.91 Å². The summed E-state index contributed by atoms with van der Waals surface area (Å²) in [6.45, 7) is 23.6. The van der Waals surface area contributed by atoms with Gasteiger partial charge in [-0.15, -0.1) is 0 Å². The van der Waals surface area contributed by atoms with Crippen molar-refractivity contribution in [1.29, 1.82) is 0 Å². The van der Waals surface area contributed by atoms with Gasteiger partial charge in [-0.25, -0.2) is 0 Å². The second-order valence-electron chi connectivity index (χ2n) is 9.94. The van der Waals surface area contributed by atoms with Crippen molar-refractivity contribution in [3.05, 3.63) is 48.0 Å². The number of hydrogen-bond donors (Lipinski definition) is 1. The summed E-state index contributed by atoms with van der Waals surface area (Å²) in [6, 6.07) is 7.97. The largest absolute Gasteiger partial charge is 0.386 e. The Morgan fingerprint density at radius 3 is 2.20 bits per heavy atom. The van der Waals surface area contributed by atoms with E-state index in [4.69, 9.17) is 10.6 Å². The molecule has 0 spiro atoms. The number of carbonyl (C=O) groups excluding carboxylic acids is 1. The third kappa shape index (κ3) is 19.6. The smallest absolute Gasteiger partial charge is 0.258 e. The lowest BCUT2D eigenvalue weighted by Crippen LogP contribution is -2.16. The van der Waals surface area contributed by atoms with Crippen molar-refractivity contribution in [3.8, 4) is 0 Å². The van der Waals surface area contributed by atoms with Crippen LogP contribution in [0, 0.1) is 17.3 Å². The fraction of sp³-hybridized carbons (Fsp3) is 0.613. The van der Waals surface area contributed by atoms with E-state index in [1.807, 2.05) is 63.3 Å². The first-order valence-corrected chi connectivity index (χ1v) is 13.4. The maximum atomic E-state index is 10.5. The first-order valence-electron chi connectivity index (χ1n) is 13.4. The molecule has 200 valence electrons. The fourth-order valence-corrected chi connectivity index (χ4v) is 3.48. The van der Waals surface area contributed by atoms with Crippen molar-refractivity contribution in [2.24, 2.45) is 28.1 Å². The average molecular weight is 487 g/mol. The highest BCUT2D eigenvalue weighted by Gasteiger charge is 2.20. The van der Waals surface area contributed by atoms with Gasteiger partial charge in [0, 0.05) is 6.42 Å². The molecule has 1 aromatic carbocycles. The number of rotatable bonds is 14. The van der Waals surface area contributed by atoms with Crippen molar-refractivity contribution in [2.45, 2.75) is 101 Å². The molecule has 2 N–H and O–H groups in total. The van der Waals surface area contributed by atoms with Gasteiger partial charge >= 0.3 is 0 Å². The first kappa shape index (κ1) is 34.8. The van der Waals surface area contributed by atoms with Crippen LogP contribution in [0.1, 0.15) is 112 Å². The van der Waals surface area contributed by atoms with E-state index in [1.54, 1.807) is 0 Å². The molecule has 2 unspecified atom stereocenters. The lowest BCUT2D eigenvalue weighted by Gasteiger charge is -2.28. The van der Waals surface area contributed by atoms with Crippen LogP contribution >= 0.6 is 0 Å². The Bertz CT molecular complexity index is 750. The van der Waals surface area contributed by atoms with Crippen LogP contribution in [0.2, 0.25) is 0 Å². The van der Waals surface area contributed by atoms with Crippen LogP contribution in [0.4, 0.5) is 0 Å². The minimum Gasteiger partial charge on any atom is -0.386 e. The van der Waals surface area contributed by atoms with Gasteiger partial charge in [0.1, 0.15) is 0 Å². The summed E-state index contributed by atoms with van der Waals surface area (Å²) in [5, 5.41) is 3.78. The van der Waals surface area contributed by atoms with Crippen LogP contribution in [-0.4, -0.2) is 18.2 Å². The number of allylic oxidation sites excluding steroid dienone is 1. The van der Waals surface area contributed by atoms with Gasteiger partial charge in [-0.1, -0.05) is 129 Å². The highest BCUT2D eigenvalue weighted by Crippen LogP contribution is 2.33. The van der Waals surface area contributed by atoms with Crippen LogP contribution in [-0.2, 0) is 9.63 Å². The molecule has 0 radical (unpaired) electrons. The third-order valence-electron chi connectivity index (χ3n) is 5.96. The quantitative estimate of drug-likeness (QED) is 0.211. The number of primary amides is 1. The van der Waals surface area contributed by atoms with Crippen molar-refractivity contribution < 1.29 is 9.63 Å². The van der Waals surface area contributed by atoms with Crippen LogP contribution in [0.5, 0.6) is 0 Å². The van der Waals surface area contributed by atoms with Crippen LogP contribution in [0.15, 0.2) is 42.1 Å². The maximum absolute atomic E-state index is 10.5. The van der Waals surface area contributed by atoms with Crippen molar-refractivity contribution in [1.82, 2.24) is 0 Å². The highest BCUT2D eigenvalue weighted by molar-refractivity contribution is 5.84. The Balaban J connectivity index is 0. The van der Waals surface area contributed by atoms with Gasteiger partial charge in [-0.05, 0) is 48.1 Å². The summed E-state index contributed by atoms with van der Waals surface area (Å²) in [6.07, 6.45) is 13.3. The van der Waals surface area contributed by atoms with E-state index in [2.05, 4.69) is 53.3 Å². The molecule has 0 bridgehead atoms. The molecule has 0 fully saturated rings. The van der Waals surface area contributed by atoms with Crippen molar-refractivity contribution >= 4 is 23.8 Å². The monoisotopic (exact) mass is 486 g/mol. The third-order valence-corrected chi connectivity index (χ3v) is 5.96. The van der Waals surface area contributed by atoms with Crippen molar-refractivity contribution in [2.75, 3.05) is 6.61 Å². The van der Waals surface area contributed by atoms with Crippen molar-refractivity contribution in [3.63, 3.8) is 0 Å². The summed E-state index contributed by atoms with van der Waals surface area (Å²) < 4.78 is 0. The van der Waals surface area contributed by atoms with E-state index in [9.17, 15) is 4.79 Å². The molecule has 0 heterocycles. The molecule has 0 aliphatic rings. The fourth-order valence-electron chi connectivity index (χ4n) is 3.48. The molecule has 35 heavy (non-hydrogen) atoms. The highest BCUT2D eigenvalue weighted by atomic mass is 16.6. The maximum Gasteiger partial charge on any atom is 0.258 e. The lowest BCUT2D eigenvalue weighted by molar-refractivity contribution is -0.122. The van der Waals surface area contributed by atoms with Gasteiger partial charge in [-0.3, -0.25) is 4.79 Å². The van der Waals surface area contributed by atoms with Gasteiger partial charge in [0.2, 0.25) is 0 Å². The topological polar surface area (TPSA) is 64.7 Å². The molecule has 4 heteroatoms. The summed E-state index contributed by atoms with van der Waals surface area (Å²) >= 11 is 0. The molecule has 0 aliphatic heterocycles. The van der Waals surface area contributed by atoms with Gasteiger partial charge in [-0.2, -0.15) is 0 Å². The Hall–Kier alpha value is -2.36. The Morgan fingerprint density at radius 1 is 1.11 bits per heavy atom. The van der Waals surface area contributed by atoms with Crippen LogP contribution in [0.25, 0.3) is 12.2 Å². The number of hydrogen-bond acceptors (Lipinski definition) is 3. The molecule has 0 saturated heterocycles. The number of benzene rings is 1. The van der Waals surface area contributed by atoms with E-state index in [-0.39, 0.29) is 6.61 Å². The Labute approximate surface area is 217 Å². The molecule has 4 nitrogen and oxygen atoms in total. The second-order valence-corrected chi connectivity index (χ2v) is 9.94. The predicted octanol–water partition coefficient (Wildman–Crippen LogP) is 8.91.